The number of nitrogens with zero attached hydrogens (tertiary/aromatic N) is 4. The molecule has 166 valence electrons. The van der Waals surface area contributed by atoms with Crippen molar-refractivity contribution in [2.45, 2.75) is 53.2 Å². The largest absolute Gasteiger partial charge is 0.376 e. The molecule has 0 saturated carbocycles. The van der Waals surface area contributed by atoms with Gasteiger partial charge in [0, 0.05) is 31.8 Å². The molecule has 1 unspecified atom stereocenters. The second kappa shape index (κ2) is 9.98. The van der Waals surface area contributed by atoms with E-state index < -0.39 is 0 Å². The lowest BCUT2D eigenvalue weighted by Crippen LogP contribution is -2.35. The molecule has 0 aromatic carbocycles. The van der Waals surface area contributed by atoms with Crippen molar-refractivity contribution in [3.8, 4) is 6.07 Å². The van der Waals surface area contributed by atoms with Crippen molar-refractivity contribution in [3.63, 3.8) is 0 Å². The monoisotopic (exact) mass is 460 g/mol. The molecular formula is C22H28N4O3S2. The van der Waals surface area contributed by atoms with Crippen LogP contribution in [0.2, 0.25) is 0 Å². The number of hydrogen-bond acceptors (Lipinski definition) is 7. The average Bonchev–Trinajstić information content (AvgIpc) is 3.36. The Kier molecular flexibility index (Phi) is 7.57. The fraction of sp³-hybridized carbons (Fsp3) is 0.545. The summed E-state index contributed by atoms with van der Waals surface area (Å²) in [5, 5.41) is 9.63. The minimum Gasteiger partial charge on any atom is -0.376 e. The van der Waals surface area contributed by atoms with Gasteiger partial charge in [0.1, 0.15) is 21.8 Å². The van der Waals surface area contributed by atoms with Gasteiger partial charge in [0.15, 0.2) is 0 Å². The van der Waals surface area contributed by atoms with Crippen molar-refractivity contribution in [3.05, 3.63) is 31.9 Å². The van der Waals surface area contributed by atoms with Gasteiger partial charge in [-0.2, -0.15) is 5.26 Å². The number of aromatic nitrogens is 1. The summed E-state index contributed by atoms with van der Waals surface area (Å²) < 4.78 is 7.81. The zero-order valence-corrected chi connectivity index (χ0v) is 20.1. The quantitative estimate of drug-likeness (QED) is 0.456. The Bertz CT molecular complexity index is 1020. The Morgan fingerprint density at radius 2 is 2.03 bits per heavy atom. The molecule has 0 bridgehead atoms. The zero-order valence-electron chi connectivity index (χ0n) is 18.4. The number of anilines is 1. The van der Waals surface area contributed by atoms with Crippen LogP contribution in [0.1, 0.15) is 50.3 Å². The maximum Gasteiger partial charge on any atom is 0.270 e. The van der Waals surface area contributed by atoms with Crippen LogP contribution in [0.4, 0.5) is 5.82 Å². The lowest BCUT2D eigenvalue weighted by Gasteiger charge is -2.28. The highest BCUT2D eigenvalue weighted by molar-refractivity contribution is 8.26. The summed E-state index contributed by atoms with van der Waals surface area (Å²) >= 11 is 6.74. The van der Waals surface area contributed by atoms with Crippen LogP contribution in [0.3, 0.4) is 0 Å². The van der Waals surface area contributed by atoms with Gasteiger partial charge in [-0.15, -0.1) is 0 Å². The normalized spacial score (nSPS) is 20.0. The van der Waals surface area contributed by atoms with Crippen LogP contribution in [0.25, 0.3) is 6.08 Å². The van der Waals surface area contributed by atoms with E-state index in [0.29, 0.717) is 41.0 Å². The summed E-state index contributed by atoms with van der Waals surface area (Å²) in [6.07, 6.45) is 3.73. The van der Waals surface area contributed by atoms with Crippen molar-refractivity contribution < 1.29 is 9.53 Å². The molecule has 0 radical (unpaired) electrons. The van der Waals surface area contributed by atoms with E-state index in [1.54, 1.807) is 22.5 Å². The van der Waals surface area contributed by atoms with E-state index in [1.807, 2.05) is 20.8 Å². The number of rotatable bonds is 7. The summed E-state index contributed by atoms with van der Waals surface area (Å²) in [6, 6.07) is 2.06. The summed E-state index contributed by atoms with van der Waals surface area (Å²) in [7, 11) is 0. The topological polar surface area (TPSA) is 78.6 Å². The van der Waals surface area contributed by atoms with Crippen LogP contribution in [0, 0.1) is 18.3 Å². The number of thiocarbonyl (C=S) groups is 1. The number of carbonyl (C=O) groups is 1. The lowest BCUT2D eigenvalue weighted by molar-refractivity contribution is -0.123. The molecule has 1 atom stereocenters. The third-order valence-electron chi connectivity index (χ3n) is 5.78. The molecule has 0 spiro atoms. The van der Waals surface area contributed by atoms with E-state index in [2.05, 4.69) is 11.0 Å². The molecule has 2 aliphatic heterocycles. The molecule has 1 aromatic heterocycles. The third kappa shape index (κ3) is 4.43. The summed E-state index contributed by atoms with van der Waals surface area (Å²) in [5.74, 6) is 0.585. The van der Waals surface area contributed by atoms with Crippen molar-refractivity contribution >= 4 is 46.1 Å². The second-order valence-corrected chi connectivity index (χ2v) is 9.17. The number of amides is 1. The fourth-order valence-corrected chi connectivity index (χ4v) is 5.34. The van der Waals surface area contributed by atoms with Gasteiger partial charge in [0.25, 0.3) is 11.5 Å². The fourth-order valence-electron chi connectivity index (χ4n) is 4.08. The Morgan fingerprint density at radius 1 is 1.32 bits per heavy atom. The molecule has 0 aliphatic carbocycles. The Morgan fingerprint density at radius 3 is 2.58 bits per heavy atom. The highest BCUT2D eigenvalue weighted by Gasteiger charge is 2.35. The number of thioether (sulfide) groups is 1. The molecule has 2 saturated heterocycles. The Balaban J connectivity index is 2.12. The predicted molar refractivity (Wildman–Crippen MR) is 128 cm³/mol. The van der Waals surface area contributed by atoms with E-state index in [4.69, 9.17) is 17.0 Å². The van der Waals surface area contributed by atoms with Crippen molar-refractivity contribution in [1.82, 2.24) is 9.47 Å². The highest BCUT2D eigenvalue weighted by atomic mass is 32.2. The lowest BCUT2D eigenvalue weighted by atomic mass is 10.0. The molecule has 3 heterocycles. The van der Waals surface area contributed by atoms with Gasteiger partial charge in [0.05, 0.1) is 17.6 Å². The molecule has 9 heteroatoms. The van der Waals surface area contributed by atoms with Gasteiger partial charge in [-0.25, -0.2) is 0 Å². The molecule has 1 amide bonds. The van der Waals surface area contributed by atoms with Crippen molar-refractivity contribution in [1.29, 1.82) is 5.26 Å². The first-order chi connectivity index (χ1) is 14.9. The van der Waals surface area contributed by atoms with Gasteiger partial charge in [0.2, 0.25) is 0 Å². The number of nitriles is 1. The molecule has 0 N–H and O–H groups in total. The molecule has 1 aromatic rings. The van der Waals surface area contributed by atoms with Gasteiger partial charge in [-0.1, -0.05) is 24.0 Å². The SMILES string of the molecule is CCN(CC)c1c(/C=C2\SC(=S)N(CC3CCCO3)C2=O)c(C)c(C#N)c(=O)n1CC. The molecule has 2 aliphatic rings. The predicted octanol–water partition coefficient (Wildman–Crippen LogP) is 3.27. The van der Waals surface area contributed by atoms with Gasteiger partial charge >= 0.3 is 0 Å². The van der Waals surface area contributed by atoms with Crippen molar-refractivity contribution in [2.24, 2.45) is 0 Å². The first-order valence-corrected chi connectivity index (χ1v) is 11.9. The number of ether oxygens (including phenoxy) is 1. The van der Waals surface area contributed by atoms with Gasteiger partial charge in [-0.05, 0) is 52.2 Å². The van der Waals surface area contributed by atoms with E-state index in [-0.39, 0.29) is 23.1 Å². The van der Waals surface area contributed by atoms with Crippen LogP contribution in [-0.2, 0) is 16.1 Å². The summed E-state index contributed by atoms with van der Waals surface area (Å²) in [6.45, 7) is 10.7. The van der Waals surface area contributed by atoms with E-state index in [9.17, 15) is 14.9 Å². The first-order valence-electron chi connectivity index (χ1n) is 10.7. The van der Waals surface area contributed by atoms with Gasteiger partial charge < -0.3 is 9.64 Å². The molecular weight excluding hydrogens is 432 g/mol. The van der Waals surface area contributed by atoms with Crippen LogP contribution in [-0.4, -0.2) is 52.0 Å². The zero-order chi connectivity index (χ0) is 22.7. The highest BCUT2D eigenvalue weighted by Crippen LogP contribution is 2.36. The molecule has 2 fully saturated rings. The van der Waals surface area contributed by atoms with E-state index in [1.165, 1.54) is 11.8 Å². The van der Waals surface area contributed by atoms with Crippen LogP contribution >= 0.6 is 24.0 Å². The Labute approximate surface area is 192 Å². The second-order valence-electron chi connectivity index (χ2n) is 7.50. The average molecular weight is 461 g/mol. The molecule has 3 rings (SSSR count). The number of hydrogen-bond donors (Lipinski definition) is 0. The van der Waals surface area contributed by atoms with E-state index >= 15 is 0 Å². The number of pyridine rings is 1. The molecule has 7 nitrogen and oxygen atoms in total. The Hall–Kier alpha value is -2.15. The third-order valence-corrected chi connectivity index (χ3v) is 7.16. The smallest absolute Gasteiger partial charge is 0.270 e. The molecule has 31 heavy (non-hydrogen) atoms. The summed E-state index contributed by atoms with van der Waals surface area (Å²) in [5.41, 5.74) is 1.12. The van der Waals surface area contributed by atoms with E-state index in [0.717, 1.165) is 30.8 Å². The van der Waals surface area contributed by atoms with Crippen LogP contribution in [0.5, 0.6) is 0 Å². The minimum atomic E-state index is -0.299. The minimum absolute atomic E-state index is 0.0157. The van der Waals surface area contributed by atoms with Crippen LogP contribution < -0.4 is 10.5 Å². The van der Waals surface area contributed by atoms with Crippen molar-refractivity contribution in [2.75, 3.05) is 31.1 Å². The maximum atomic E-state index is 13.2. The van der Waals surface area contributed by atoms with Gasteiger partial charge in [-0.3, -0.25) is 19.1 Å². The van der Waals surface area contributed by atoms with Crippen LogP contribution in [0.15, 0.2) is 9.70 Å². The first kappa shape index (κ1) is 23.5. The maximum absolute atomic E-state index is 13.2. The number of carbonyl (C=O) groups excluding carboxylic acids is 1. The summed E-state index contributed by atoms with van der Waals surface area (Å²) in [4.78, 5) is 30.3. The standard InChI is InChI=1S/C22H28N4O3S2/c1-5-24(6-2)19-16(14(4)17(12-23)20(27)25(19)7-3)11-18-21(28)26(22(30)31-18)13-15-9-8-10-29-15/h11,15H,5-10,13H2,1-4H3/b18-11-.